The third-order valence-corrected chi connectivity index (χ3v) is 6.24. The minimum atomic E-state index is -3.29. The van der Waals surface area contributed by atoms with Crippen LogP contribution in [-0.2, 0) is 10.2 Å². The van der Waals surface area contributed by atoms with E-state index in [2.05, 4.69) is 19.2 Å². The minimum absolute atomic E-state index is 0.0110. The summed E-state index contributed by atoms with van der Waals surface area (Å²) < 4.78 is 27.9. The van der Waals surface area contributed by atoms with E-state index in [1.807, 2.05) is 18.8 Å². The molecule has 0 aromatic rings. The fourth-order valence-electron chi connectivity index (χ4n) is 1.96. The third-order valence-electron chi connectivity index (χ3n) is 3.01. The van der Waals surface area contributed by atoms with Gasteiger partial charge in [-0.05, 0) is 33.9 Å². The van der Waals surface area contributed by atoms with Gasteiger partial charge in [0.25, 0.3) is 10.2 Å². The van der Waals surface area contributed by atoms with Crippen LogP contribution in [0.15, 0.2) is 0 Å². The van der Waals surface area contributed by atoms with Crippen LogP contribution in [0.4, 0.5) is 0 Å². The molecule has 0 unspecified atom stereocenters. The Morgan fingerprint density at radius 3 is 2.67 bits per heavy atom. The van der Waals surface area contributed by atoms with Crippen LogP contribution >= 0.6 is 11.8 Å². The zero-order valence-electron chi connectivity index (χ0n) is 11.8. The molecule has 0 saturated carbocycles. The molecule has 7 heteroatoms. The SMILES string of the molecule is CNCCCN(C)S(=O)(=O)N1CCSC(C)(C)C1. The summed E-state index contributed by atoms with van der Waals surface area (Å²) in [5, 5.41) is 3.03. The van der Waals surface area contributed by atoms with Crippen LogP contribution in [0.5, 0.6) is 0 Å². The Morgan fingerprint density at radius 1 is 1.44 bits per heavy atom. The zero-order valence-corrected chi connectivity index (χ0v) is 13.4. The van der Waals surface area contributed by atoms with Gasteiger partial charge in [0.05, 0.1) is 0 Å². The highest BCUT2D eigenvalue weighted by molar-refractivity contribution is 8.00. The number of nitrogens with one attached hydrogen (secondary N) is 1. The van der Waals surface area contributed by atoms with Crippen molar-refractivity contribution in [3.05, 3.63) is 0 Å². The van der Waals surface area contributed by atoms with Crippen LogP contribution in [0, 0.1) is 0 Å². The first-order chi connectivity index (χ1) is 8.29. The lowest BCUT2D eigenvalue weighted by molar-refractivity contribution is 0.342. The first kappa shape index (κ1) is 16.2. The summed E-state index contributed by atoms with van der Waals surface area (Å²) in [6.07, 6.45) is 0.832. The van der Waals surface area contributed by atoms with Gasteiger partial charge in [-0.25, -0.2) is 0 Å². The van der Waals surface area contributed by atoms with E-state index < -0.39 is 10.2 Å². The minimum Gasteiger partial charge on any atom is -0.320 e. The number of hydrogen-bond donors (Lipinski definition) is 1. The first-order valence-electron chi connectivity index (χ1n) is 6.29. The lowest BCUT2D eigenvalue weighted by Gasteiger charge is -2.38. The molecular weight excluding hydrogens is 270 g/mol. The van der Waals surface area contributed by atoms with E-state index in [0.717, 1.165) is 18.7 Å². The van der Waals surface area contributed by atoms with Crippen LogP contribution in [0.1, 0.15) is 20.3 Å². The molecule has 1 saturated heterocycles. The topological polar surface area (TPSA) is 52.7 Å². The molecule has 108 valence electrons. The molecule has 0 bridgehead atoms. The van der Waals surface area contributed by atoms with E-state index >= 15 is 0 Å². The summed E-state index contributed by atoms with van der Waals surface area (Å²) in [4.78, 5) is 0. The van der Waals surface area contributed by atoms with Crippen molar-refractivity contribution in [3.8, 4) is 0 Å². The molecule has 0 atom stereocenters. The highest BCUT2D eigenvalue weighted by atomic mass is 32.2. The van der Waals surface area contributed by atoms with Crippen molar-refractivity contribution in [1.29, 1.82) is 0 Å². The van der Waals surface area contributed by atoms with Crippen molar-refractivity contribution in [2.75, 3.05) is 46.0 Å². The standard InChI is InChI=1S/C11H25N3O2S2/c1-11(2)10-14(8-9-17-11)18(15,16)13(4)7-5-6-12-3/h12H,5-10H2,1-4H3. The molecule has 1 heterocycles. The van der Waals surface area contributed by atoms with Gasteiger partial charge in [0.1, 0.15) is 0 Å². The lowest BCUT2D eigenvalue weighted by Crippen LogP contribution is -2.51. The molecule has 1 aliphatic rings. The highest BCUT2D eigenvalue weighted by Gasteiger charge is 2.35. The Balaban J connectivity index is 2.62. The van der Waals surface area contributed by atoms with Gasteiger partial charge < -0.3 is 5.32 Å². The van der Waals surface area contributed by atoms with Gasteiger partial charge in [0.2, 0.25) is 0 Å². The average molecular weight is 295 g/mol. The van der Waals surface area contributed by atoms with Crippen molar-refractivity contribution in [3.63, 3.8) is 0 Å². The monoisotopic (exact) mass is 295 g/mol. The molecule has 0 aliphatic carbocycles. The molecular formula is C11H25N3O2S2. The largest absolute Gasteiger partial charge is 0.320 e. The molecule has 1 rings (SSSR count). The summed E-state index contributed by atoms with van der Waals surface area (Å²) in [5.41, 5.74) is 0. The third kappa shape index (κ3) is 4.38. The summed E-state index contributed by atoms with van der Waals surface area (Å²) in [5.74, 6) is 0.872. The number of thioether (sulfide) groups is 1. The van der Waals surface area contributed by atoms with E-state index in [1.165, 1.54) is 4.31 Å². The average Bonchev–Trinajstić information content (AvgIpc) is 2.27. The van der Waals surface area contributed by atoms with Crippen LogP contribution in [-0.4, -0.2) is 67.8 Å². The van der Waals surface area contributed by atoms with Crippen molar-refractivity contribution in [2.45, 2.75) is 25.0 Å². The molecule has 1 N–H and O–H groups in total. The predicted octanol–water partition coefficient (Wildman–Crippen LogP) is 0.600. The summed E-state index contributed by atoms with van der Waals surface area (Å²) >= 11 is 1.84. The van der Waals surface area contributed by atoms with Crippen molar-refractivity contribution >= 4 is 22.0 Å². The molecule has 0 spiro atoms. The smallest absolute Gasteiger partial charge is 0.281 e. The van der Waals surface area contributed by atoms with Crippen molar-refractivity contribution in [2.24, 2.45) is 0 Å². The van der Waals surface area contributed by atoms with E-state index in [1.54, 1.807) is 11.4 Å². The van der Waals surface area contributed by atoms with Gasteiger partial charge in [-0.3, -0.25) is 0 Å². The fraction of sp³-hybridized carbons (Fsp3) is 1.00. The number of nitrogens with zero attached hydrogens (tertiary/aromatic N) is 2. The fourth-order valence-corrected chi connectivity index (χ4v) is 4.83. The second-order valence-electron chi connectivity index (χ2n) is 5.23. The van der Waals surface area contributed by atoms with Crippen LogP contribution < -0.4 is 5.32 Å². The van der Waals surface area contributed by atoms with E-state index in [4.69, 9.17) is 0 Å². The maximum Gasteiger partial charge on any atom is 0.281 e. The highest BCUT2D eigenvalue weighted by Crippen LogP contribution is 2.31. The second kappa shape index (κ2) is 6.56. The van der Waals surface area contributed by atoms with Crippen LogP contribution in [0.2, 0.25) is 0 Å². The zero-order chi connectivity index (χ0) is 13.8. The van der Waals surface area contributed by atoms with E-state index in [0.29, 0.717) is 19.6 Å². The second-order valence-corrected chi connectivity index (χ2v) is 9.07. The Morgan fingerprint density at radius 2 is 2.11 bits per heavy atom. The Kier molecular flexibility index (Phi) is 5.92. The van der Waals surface area contributed by atoms with Gasteiger partial charge in [-0.2, -0.15) is 28.8 Å². The molecule has 0 aromatic heterocycles. The summed E-state index contributed by atoms with van der Waals surface area (Å²) in [7, 11) is 0.252. The molecule has 0 aromatic carbocycles. The first-order valence-corrected chi connectivity index (χ1v) is 8.68. The molecule has 1 fully saturated rings. The Bertz CT molecular complexity index is 357. The lowest BCUT2D eigenvalue weighted by atomic mass is 10.2. The van der Waals surface area contributed by atoms with Gasteiger partial charge in [0, 0.05) is 37.2 Å². The number of rotatable bonds is 6. The van der Waals surface area contributed by atoms with Gasteiger partial charge in [-0.15, -0.1) is 0 Å². The van der Waals surface area contributed by atoms with Crippen LogP contribution in [0.3, 0.4) is 0 Å². The molecule has 18 heavy (non-hydrogen) atoms. The summed E-state index contributed by atoms with van der Waals surface area (Å²) in [6.45, 7) is 6.80. The maximum atomic E-state index is 12.4. The quantitative estimate of drug-likeness (QED) is 0.729. The normalized spacial score (nSPS) is 21.4. The molecule has 5 nitrogen and oxygen atoms in total. The van der Waals surface area contributed by atoms with E-state index in [-0.39, 0.29) is 4.75 Å². The maximum absolute atomic E-state index is 12.4. The van der Waals surface area contributed by atoms with Crippen molar-refractivity contribution in [1.82, 2.24) is 13.9 Å². The van der Waals surface area contributed by atoms with Gasteiger partial charge in [0.15, 0.2) is 0 Å². The summed E-state index contributed by atoms with van der Waals surface area (Å²) in [6, 6.07) is 0. The molecule has 0 amide bonds. The van der Waals surface area contributed by atoms with Gasteiger partial charge in [-0.1, -0.05) is 0 Å². The number of hydrogen-bond acceptors (Lipinski definition) is 4. The van der Waals surface area contributed by atoms with E-state index in [9.17, 15) is 8.42 Å². The predicted molar refractivity (Wildman–Crippen MR) is 78.2 cm³/mol. The molecule has 0 radical (unpaired) electrons. The Labute approximate surface area is 115 Å². The Hall–Kier alpha value is 0.180. The van der Waals surface area contributed by atoms with Crippen molar-refractivity contribution < 1.29 is 8.42 Å². The van der Waals surface area contributed by atoms with Gasteiger partial charge >= 0.3 is 0 Å². The van der Waals surface area contributed by atoms with Crippen LogP contribution in [0.25, 0.3) is 0 Å². The molecule has 1 aliphatic heterocycles.